The van der Waals surface area contributed by atoms with Gasteiger partial charge >= 0.3 is 0 Å². The van der Waals surface area contributed by atoms with Gasteiger partial charge in [0.15, 0.2) is 0 Å². The van der Waals surface area contributed by atoms with Crippen LogP contribution in [0.15, 0.2) is 21.4 Å². The van der Waals surface area contributed by atoms with Gasteiger partial charge in [0.1, 0.15) is 23.9 Å². The van der Waals surface area contributed by atoms with Gasteiger partial charge in [-0.05, 0) is 57.0 Å². The third-order valence-corrected chi connectivity index (χ3v) is 6.77. The summed E-state index contributed by atoms with van der Waals surface area (Å²) in [5, 5.41) is 0.592. The molecule has 0 spiro atoms. The maximum absolute atomic E-state index is 6.53. The van der Waals surface area contributed by atoms with E-state index in [1.165, 1.54) is 0 Å². The zero-order valence-electron chi connectivity index (χ0n) is 14.1. The molecule has 0 saturated heterocycles. The van der Waals surface area contributed by atoms with Crippen LogP contribution in [0, 0.1) is 7.14 Å². The van der Waals surface area contributed by atoms with Gasteiger partial charge in [0.25, 0.3) is 0 Å². The van der Waals surface area contributed by atoms with Crippen molar-refractivity contribution in [2.75, 3.05) is 0 Å². The summed E-state index contributed by atoms with van der Waals surface area (Å²) in [5.41, 5.74) is 2.94. The summed E-state index contributed by atoms with van der Waals surface area (Å²) in [6.45, 7) is 8.25. The predicted molar refractivity (Wildman–Crippen MR) is 114 cm³/mol. The third kappa shape index (κ3) is 3.73. The SMILES string of the molecule is CC(C)c1coc(-c2nc(-c3nc(C(C)C)co3)c(I)c(Cl)c2I)n1. The molecule has 0 saturated carbocycles. The van der Waals surface area contributed by atoms with E-state index in [9.17, 15) is 0 Å². The minimum atomic E-state index is 0.272. The van der Waals surface area contributed by atoms with Crippen molar-refractivity contribution in [2.24, 2.45) is 0 Å². The molecule has 3 rings (SSSR count). The summed E-state index contributed by atoms with van der Waals surface area (Å²) >= 11 is 10.9. The van der Waals surface area contributed by atoms with Gasteiger partial charge in [0, 0.05) is 0 Å². The van der Waals surface area contributed by atoms with E-state index in [4.69, 9.17) is 25.4 Å². The highest BCUT2D eigenvalue weighted by atomic mass is 127. The van der Waals surface area contributed by atoms with Crippen molar-refractivity contribution in [3.05, 3.63) is 36.1 Å². The van der Waals surface area contributed by atoms with E-state index in [-0.39, 0.29) is 11.8 Å². The molecule has 0 atom stereocenters. The molecule has 0 radical (unpaired) electrons. The van der Waals surface area contributed by atoms with E-state index >= 15 is 0 Å². The van der Waals surface area contributed by atoms with Crippen LogP contribution >= 0.6 is 56.8 Å². The molecule has 0 aliphatic carbocycles. The Labute approximate surface area is 178 Å². The highest BCUT2D eigenvalue weighted by Gasteiger charge is 2.23. The van der Waals surface area contributed by atoms with Crippen LogP contribution in [0.2, 0.25) is 5.02 Å². The van der Waals surface area contributed by atoms with Gasteiger partial charge in [0.2, 0.25) is 11.8 Å². The molecular formula is C17H16ClI2N3O2. The number of oxazole rings is 2. The second kappa shape index (κ2) is 7.51. The molecule has 0 unspecified atom stereocenters. The fourth-order valence-electron chi connectivity index (χ4n) is 2.12. The lowest BCUT2D eigenvalue weighted by molar-refractivity contribution is 0.564. The van der Waals surface area contributed by atoms with Crippen molar-refractivity contribution in [3.8, 4) is 23.2 Å². The van der Waals surface area contributed by atoms with Crippen LogP contribution in [0.5, 0.6) is 0 Å². The van der Waals surface area contributed by atoms with Crippen molar-refractivity contribution >= 4 is 56.8 Å². The second-order valence-electron chi connectivity index (χ2n) is 6.22. The molecule has 3 heterocycles. The molecule has 5 nitrogen and oxygen atoms in total. The Morgan fingerprint density at radius 3 is 1.52 bits per heavy atom. The zero-order valence-corrected chi connectivity index (χ0v) is 19.2. The molecule has 0 aliphatic rings. The van der Waals surface area contributed by atoms with Crippen LogP contribution in [0.4, 0.5) is 0 Å². The van der Waals surface area contributed by atoms with Crippen molar-refractivity contribution in [1.29, 1.82) is 0 Å². The van der Waals surface area contributed by atoms with Crippen molar-refractivity contribution in [2.45, 2.75) is 39.5 Å². The van der Waals surface area contributed by atoms with Crippen molar-refractivity contribution < 1.29 is 8.83 Å². The number of nitrogens with zero attached hydrogens (tertiary/aromatic N) is 3. The molecule has 132 valence electrons. The van der Waals surface area contributed by atoms with Gasteiger partial charge < -0.3 is 8.83 Å². The van der Waals surface area contributed by atoms with Crippen LogP contribution in [-0.2, 0) is 0 Å². The summed E-state index contributed by atoms with van der Waals surface area (Å²) in [7, 11) is 0. The molecule has 0 amide bonds. The minimum absolute atomic E-state index is 0.272. The number of pyridine rings is 1. The first-order valence-electron chi connectivity index (χ1n) is 7.75. The summed E-state index contributed by atoms with van der Waals surface area (Å²) in [4.78, 5) is 13.8. The maximum Gasteiger partial charge on any atom is 0.246 e. The van der Waals surface area contributed by atoms with Gasteiger partial charge in [-0.1, -0.05) is 39.3 Å². The first kappa shape index (κ1) is 19.1. The Balaban J connectivity index is 2.15. The Bertz CT molecular complexity index is 848. The molecule has 0 fully saturated rings. The average molecular weight is 584 g/mol. The first-order valence-corrected chi connectivity index (χ1v) is 10.3. The number of halogens is 3. The number of aromatic nitrogens is 3. The molecule has 25 heavy (non-hydrogen) atoms. The van der Waals surface area contributed by atoms with Crippen LogP contribution in [-0.4, -0.2) is 15.0 Å². The van der Waals surface area contributed by atoms with Crippen LogP contribution in [0.1, 0.15) is 50.9 Å². The molecule has 0 bridgehead atoms. The topological polar surface area (TPSA) is 65.0 Å². The van der Waals surface area contributed by atoms with Crippen LogP contribution in [0.3, 0.4) is 0 Å². The fraction of sp³-hybridized carbons (Fsp3) is 0.353. The number of hydrogen-bond donors (Lipinski definition) is 0. The quantitative estimate of drug-likeness (QED) is 0.328. The molecule has 0 aliphatic heterocycles. The van der Waals surface area contributed by atoms with E-state index in [2.05, 4.69) is 82.8 Å². The maximum atomic E-state index is 6.53. The van der Waals surface area contributed by atoms with Gasteiger partial charge in [-0.3, -0.25) is 0 Å². The van der Waals surface area contributed by atoms with Crippen molar-refractivity contribution in [1.82, 2.24) is 15.0 Å². The molecule has 0 aromatic carbocycles. The zero-order chi connectivity index (χ0) is 18.3. The van der Waals surface area contributed by atoms with Gasteiger partial charge in [-0.25, -0.2) is 15.0 Å². The lowest BCUT2D eigenvalue weighted by Gasteiger charge is -2.08. The Hall–Kier alpha value is -0.680. The smallest absolute Gasteiger partial charge is 0.246 e. The standard InChI is InChI=1S/C17H16ClI2N3O2/c1-7(2)9-5-24-16(21-9)14-12(19)11(18)13(20)15(23-14)17-22-10(6-25-17)8(3)4/h5-8H,1-4H3. The average Bonchev–Trinajstić information content (AvgIpc) is 3.22. The Morgan fingerprint density at radius 1 is 0.800 bits per heavy atom. The van der Waals surface area contributed by atoms with E-state index in [1.54, 1.807) is 12.5 Å². The predicted octanol–water partition coefficient (Wildman–Crippen LogP) is 6.50. The number of rotatable bonds is 4. The lowest BCUT2D eigenvalue weighted by Crippen LogP contribution is -1.99. The first-order chi connectivity index (χ1) is 11.8. The summed E-state index contributed by atoms with van der Waals surface area (Å²) in [6, 6.07) is 0. The Kier molecular flexibility index (Phi) is 5.74. The molecule has 8 heteroatoms. The summed E-state index contributed by atoms with van der Waals surface area (Å²) < 4.78 is 12.8. The minimum Gasteiger partial charge on any atom is -0.443 e. The monoisotopic (exact) mass is 583 g/mol. The number of hydrogen-bond acceptors (Lipinski definition) is 5. The van der Waals surface area contributed by atoms with Gasteiger partial charge in [-0.15, -0.1) is 0 Å². The second-order valence-corrected chi connectivity index (χ2v) is 8.75. The van der Waals surface area contributed by atoms with Crippen LogP contribution in [0.25, 0.3) is 23.2 Å². The van der Waals surface area contributed by atoms with E-state index in [1.807, 2.05) is 0 Å². The Morgan fingerprint density at radius 2 is 1.20 bits per heavy atom. The largest absolute Gasteiger partial charge is 0.443 e. The highest BCUT2D eigenvalue weighted by Crippen LogP contribution is 2.37. The molecule has 0 N–H and O–H groups in total. The van der Waals surface area contributed by atoms with Gasteiger partial charge in [0.05, 0.1) is 23.6 Å². The van der Waals surface area contributed by atoms with Crippen molar-refractivity contribution in [3.63, 3.8) is 0 Å². The van der Waals surface area contributed by atoms with E-state index in [0.29, 0.717) is 28.2 Å². The lowest BCUT2D eigenvalue weighted by atomic mass is 10.2. The molecule has 3 aromatic rings. The molecular weight excluding hydrogens is 567 g/mol. The normalized spacial score (nSPS) is 11.7. The van der Waals surface area contributed by atoms with Gasteiger partial charge in [-0.2, -0.15) is 0 Å². The molecule has 3 aromatic heterocycles. The summed E-state index contributed by atoms with van der Waals surface area (Å²) in [6.07, 6.45) is 3.32. The summed E-state index contributed by atoms with van der Waals surface area (Å²) in [5.74, 6) is 1.44. The van der Waals surface area contributed by atoms with E-state index in [0.717, 1.165) is 18.5 Å². The van der Waals surface area contributed by atoms with E-state index < -0.39 is 0 Å². The highest BCUT2D eigenvalue weighted by molar-refractivity contribution is 14.1. The third-order valence-electron chi connectivity index (χ3n) is 3.66. The van der Waals surface area contributed by atoms with Crippen LogP contribution < -0.4 is 0 Å². The fourth-order valence-corrected chi connectivity index (χ4v) is 4.05.